The number of nitrogens with zero attached hydrogens (tertiary/aromatic N) is 2. The second-order valence-corrected chi connectivity index (χ2v) is 7.13. The van der Waals surface area contributed by atoms with E-state index in [0.717, 1.165) is 44.7 Å². The van der Waals surface area contributed by atoms with E-state index in [-0.39, 0.29) is 5.91 Å². The SMILES string of the molecule is O=C(CC1CCCCC1)NCC1CCN(c2ccccn2)CC1. The monoisotopic (exact) mass is 315 g/mol. The van der Waals surface area contributed by atoms with Crippen molar-refractivity contribution in [3.05, 3.63) is 24.4 Å². The summed E-state index contributed by atoms with van der Waals surface area (Å²) >= 11 is 0. The average molecular weight is 315 g/mol. The molecule has 4 heteroatoms. The van der Waals surface area contributed by atoms with Gasteiger partial charge in [-0.05, 0) is 49.7 Å². The standard InChI is InChI=1S/C19H29N3O/c23-19(14-16-6-2-1-3-7-16)21-15-17-9-12-22(13-10-17)18-8-4-5-11-20-18/h4-5,8,11,16-17H,1-3,6-7,9-10,12-15H2,(H,21,23). The van der Waals surface area contributed by atoms with Gasteiger partial charge in [-0.2, -0.15) is 0 Å². The Morgan fingerprint density at radius 1 is 1.09 bits per heavy atom. The van der Waals surface area contributed by atoms with Gasteiger partial charge in [0.25, 0.3) is 0 Å². The lowest BCUT2D eigenvalue weighted by Gasteiger charge is -2.33. The molecular formula is C19H29N3O. The van der Waals surface area contributed by atoms with Crippen LogP contribution in [0.5, 0.6) is 0 Å². The van der Waals surface area contributed by atoms with Crippen LogP contribution in [0.2, 0.25) is 0 Å². The van der Waals surface area contributed by atoms with Gasteiger partial charge in [0.2, 0.25) is 5.91 Å². The third-order valence-electron chi connectivity index (χ3n) is 5.37. The molecule has 0 radical (unpaired) electrons. The maximum absolute atomic E-state index is 12.1. The van der Waals surface area contributed by atoms with Crippen molar-refractivity contribution < 1.29 is 4.79 Å². The van der Waals surface area contributed by atoms with Crippen LogP contribution in [-0.2, 0) is 4.79 Å². The molecule has 2 aliphatic rings. The maximum atomic E-state index is 12.1. The number of pyridine rings is 1. The van der Waals surface area contributed by atoms with E-state index in [2.05, 4.69) is 21.3 Å². The Labute approximate surface area is 139 Å². The van der Waals surface area contributed by atoms with Crippen molar-refractivity contribution in [2.24, 2.45) is 11.8 Å². The molecule has 0 atom stereocenters. The number of carbonyl (C=O) groups excluding carboxylic acids is 1. The van der Waals surface area contributed by atoms with Crippen LogP contribution in [0.3, 0.4) is 0 Å². The minimum atomic E-state index is 0.268. The first-order valence-electron chi connectivity index (χ1n) is 9.24. The Balaban J connectivity index is 1.35. The van der Waals surface area contributed by atoms with Crippen LogP contribution in [0.1, 0.15) is 51.4 Å². The second kappa shape index (κ2) is 8.32. The third-order valence-corrected chi connectivity index (χ3v) is 5.37. The Kier molecular flexibility index (Phi) is 5.89. The van der Waals surface area contributed by atoms with Gasteiger partial charge >= 0.3 is 0 Å². The Morgan fingerprint density at radius 3 is 2.57 bits per heavy atom. The van der Waals surface area contributed by atoms with Gasteiger partial charge in [0, 0.05) is 32.3 Å². The summed E-state index contributed by atoms with van der Waals surface area (Å²) in [6.07, 6.45) is 11.3. The summed E-state index contributed by atoms with van der Waals surface area (Å²) in [6, 6.07) is 6.07. The van der Waals surface area contributed by atoms with E-state index in [9.17, 15) is 4.79 Å². The van der Waals surface area contributed by atoms with Crippen LogP contribution in [0.15, 0.2) is 24.4 Å². The minimum absolute atomic E-state index is 0.268. The molecule has 0 aromatic carbocycles. The summed E-state index contributed by atoms with van der Waals surface area (Å²) in [5, 5.41) is 3.18. The smallest absolute Gasteiger partial charge is 0.220 e. The fourth-order valence-corrected chi connectivity index (χ4v) is 3.89. The summed E-state index contributed by atoms with van der Waals surface area (Å²) in [5.74, 6) is 2.59. The molecule has 0 spiro atoms. The number of hydrogen-bond acceptors (Lipinski definition) is 3. The van der Waals surface area contributed by atoms with Crippen LogP contribution >= 0.6 is 0 Å². The number of aromatic nitrogens is 1. The molecule has 0 unspecified atom stereocenters. The molecule has 1 aliphatic heterocycles. The quantitative estimate of drug-likeness (QED) is 0.906. The highest BCUT2D eigenvalue weighted by Gasteiger charge is 2.21. The van der Waals surface area contributed by atoms with Crippen molar-refractivity contribution >= 4 is 11.7 Å². The second-order valence-electron chi connectivity index (χ2n) is 7.13. The van der Waals surface area contributed by atoms with E-state index in [1.807, 2.05) is 18.3 Å². The summed E-state index contributed by atoms with van der Waals surface area (Å²) in [5.41, 5.74) is 0. The molecule has 1 N–H and O–H groups in total. The summed E-state index contributed by atoms with van der Waals surface area (Å²) < 4.78 is 0. The first-order valence-corrected chi connectivity index (χ1v) is 9.24. The van der Waals surface area contributed by atoms with E-state index in [1.54, 1.807) is 0 Å². The number of hydrogen-bond donors (Lipinski definition) is 1. The van der Waals surface area contributed by atoms with Crippen LogP contribution in [0.25, 0.3) is 0 Å². The molecule has 4 nitrogen and oxygen atoms in total. The average Bonchev–Trinajstić information content (AvgIpc) is 2.62. The molecular weight excluding hydrogens is 286 g/mol. The third kappa shape index (κ3) is 4.95. The van der Waals surface area contributed by atoms with Crippen molar-refractivity contribution in [1.29, 1.82) is 0 Å². The van der Waals surface area contributed by atoms with Crippen LogP contribution in [0.4, 0.5) is 5.82 Å². The Hall–Kier alpha value is -1.58. The zero-order valence-corrected chi connectivity index (χ0v) is 14.0. The summed E-state index contributed by atoms with van der Waals surface area (Å²) in [7, 11) is 0. The van der Waals surface area contributed by atoms with Crippen molar-refractivity contribution in [2.75, 3.05) is 24.5 Å². The molecule has 1 saturated carbocycles. The molecule has 1 aromatic heterocycles. The Morgan fingerprint density at radius 2 is 1.87 bits per heavy atom. The van der Waals surface area contributed by atoms with E-state index in [0.29, 0.717) is 11.8 Å². The lowest BCUT2D eigenvalue weighted by Crippen LogP contribution is -2.39. The van der Waals surface area contributed by atoms with Gasteiger partial charge in [-0.25, -0.2) is 4.98 Å². The van der Waals surface area contributed by atoms with Gasteiger partial charge in [0.1, 0.15) is 5.82 Å². The van der Waals surface area contributed by atoms with E-state index >= 15 is 0 Å². The van der Waals surface area contributed by atoms with Crippen LogP contribution in [0, 0.1) is 11.8 Å². The van der Waals surface area contributed by atoms with Crippen molar-refractivity contribution in [2.45, 2.75) is 51.4 Å². The number of rotatable bonds is 5. The molecule has 1 saturated heterocycles. The number of amides is 1. The largest absolute Gasteiger partial charge is 0.357 e. The minimum Gasteiger partial charge on any atom is -0.357 e. The molecule has 1 amide bonds. The topological polar surface area (TPSA) is 45.2 Å². The Bertz CT molecular complexity index is 477. The highest BCUT2D eigenvalue weighted by Crippen LogP contribution is 2.26. The maximum Gasteiger partial charge on any atom is 0.220 e. The first-order chi connectivity index (χ1) is 11.3. The van der Waals surface area contributed by atoms with Crippen molar-refractivity contribution in [3.63, 3.8) is 0 Å². The summed E-state index contributed by atoms with van der Waals surface area (Å²) in [6.45, 7) is 2.93. The molecule has 126 valence electrons. The van der Waals surface area contributed by atoms with Crippen molar-refractivity contribution in [1.82, 2.24) is 10.3 Å². The van der Waals surface area contributed by atoms with E-state index < -0.39 is 0 Å². The number of carbonyl (C=O) groups is 1. The fraction of sp³-hybridized carbons (Fsp3) is 0.684. The molecule has 23 heavy (non-hydrogen) atoms. The zero-order valence-electron chi connectivity index (χ0n) is 14.0. The first kappa shape index (κ1) is 16.3. The van der Waals surface area contributed by atoms with Gasteiger partial charge in [-0.15, -0.1) is 0 Å². The number of nitrogens with one attached hydrogen (secondary N) is 1. The van der Waals surface area contributed by atoms with Crippen molar-refractivity contribution in [3.8, 4) is 0 Å². The zero-order chi connectivity index (χ0) is 15.9. The lowest BCUT2D eigenvalue weighted by atomic mass is 9.87. The highest BCUT2D eigenvalue weighted by atomic mass is 16.1. The molecule has 0 bridgehead atoms. The van der Waals surface area contributed by atoms with Crippen LogP contribution < -0.4 is 10.2 Å². The molecule has 1 aromatic rings. The summed E-state index contributed by atoms with van der Waals surface area (Å²) in [4.78, 5) is 18.9. The van der Waals surface area contributed by atoms with Crippen LogP contribution in [-0.4, -0.2) is 30.5 Å². The van der Waals surface area contributed by atoms with E-state index in [1.165, 1.54) is 32.1 Å². The van der Waals surface area contributed by atoms with Gasteiger partial charge in [-0.3, -0.25) is 4.79 Å². The molecule has 2 fully saturated rings. The number of piperidine rings is 1. The predicted octanol–water partition coefficient (Wildman–Crippen LogP) is 3.38. The molecule has 1 aliphatic carbocycles. The lowest BCUT2D eigenvalue weighted by molar-refractivity contribution is -0.122. The molecule has 3 rings (SSSR count). The van der Waals surface area contributed by atoms with Gasteiger partial charge in [-0.1, -0.05) is 25.3 Å². The fourth-order valence-electron chi connectivity index (χ4n) is 3.89. The van der Waals surface area contributed by atoms with Gasteiger partial charge in [0.05, 0.1) is 0 Å². The highest BCUT2D eigenvalue weighted by molar-refractivity contribution is 5.76. The normalized spacial score (nSPS) is 20.4. The number of anilines is 1. The van der Waals surface area contributed by atoms with Gasteiger partial charge in [0.15, 0.2) is 0 Å². The van der Waals surface area contributed by atoms with E-state index in [4.69, 9.17) is 0 Å². The molecule has 2 heterocycles. The van der Waals surface area contributed by atoms with Gasteiger partial charge < -0.3 is 10.2 Å². The predicted molar refractivity (Wildman–Crippen MR) is 93.4 cm³/mol.